The van der Waals surface area contributed by atoms with Crippen LogP contribution in [0.25, 0.3) is 0 Å². The number of benzene rings is 1. The Morgan fingerprint density at radius 3 is 2.38 bits per heavy atom. The highest BCUT2D eigenvalue weighted by Crippen LogP contribution is 2.31. The maximum Gasteiger partial charge on any atom is 0.227 e. The van der Waals surface area contributed by atoms with Gasteiger partial charge in [0.15, 0.2) is 0 Å². The van der Waals surface area contributed by atoms with Gasteiger partial charge in [0.05, 0.1) is 5.56 Å². The number of halogens is 1. The van der Waals surface area contributed by atoms with Crippen LogP contribution in [0.1, 0.15) is 37.7 Å². The molecule has 2 N–H and O–H groups in total. The van der Waals surface area contributed by atoms with Crippen molar-refractivity contribution in [2.75, 3.05) is 5.73 Å². The number of nitrogens with two attached hydrogens (primary N) is 1. The Morgan fingerprint density at radius 1 is 1.14 bits per heavy atom. The topological polar surface area (TPSA) is 61.0 Å². The van der Waals surface area contributed by atoms with Crippen LogP contribution >= 0.6 is 0 Å². The van der Waals surface area contributed by atoms with Gasteiger partial charge in [-0.25, -0.2) is 9.37 Å². The van der Waals surface area contributed by atoms with Gasteiger partial charge in [0, 0.05) is 5.41 Å². The number of ether oxygens (including phenoxy) is 1. The van der Waals surface area contributed by atoms with Crippen LogP contribution in [0, 0.1) is 19.7 Å². The number of rotatable bonds is 2. The van der Waals surface area contributed by atoms with E-state index >= 15 is 0 Å². The van der Waals surface area contributed by atoms with E-state index < -0.39 is 0 Å². The van der Waals surface area contributed by atoms with Crippen molar-refractivity contribution in [2.45, 2.75) is 40.0 Å². The van der Waals surface area contributed by atoms with Crippen molar-refractivity contribution >= 4 is 5.82 Å². The minimum atomic E-state index is -0.297. The van der Waals surface area contributed by atoms with Gasteiger partial charge in [0.1, 0.15) is 23.2 Å². The van der Waals surface area contributed by atoms with E-state index in [-0.39, 0.29) is 11.2 Å². The zero-order valence-corrected chi connectivity index (χ0v) is 13.0. The van der Waals surface area contributed by atoms with Crippen molar-refractivity contribution in [3.8, 4) is 11.6 Å². The molecule has 1 aromatic heterocycles. The molecule has 21 heavy (non-hydrogen) atoms. The largest absolute Gasteiger partial charge is 0.438 e. The molecule has 1 aromatic carbocycles. The third kappa shape index (κ3) is 3.29. The summed E-state index contributed by atoms with van der Waals surface area (Å²) in [7, 11) is 0. The standard InChI is InChI=1S/C16H20FN3O/c1-9-8-11(17)6-7-12(9)21-14-10(2)13(18)19-15(20-14)16(3,4)5/h6-8H,1-5H3,(H2,18,19,20). The lowest BCUT2D eigenvalue weighted by Crippen LogP contribution is -2.18. The van der Waals surface area contributed by atoms with E-state index in [0.717, 1.165) is 0 Å². The molecule has 0 saturated carbocycles. The van der Waals surface area contributed by atoms with Gasteiger partial charge >= 0.3 is 0 Å². The first-order chi connectivity index (χ1) is 9.68. The first kappa shape index (κ1) is 15.2. The number of anilines is 1. The molecule has 0 radical (unpaired) electrons. The molecular formula is C16H20FN3O. The van der Waals surface area contributed by atoms with Crippen LogP contribution in [0.4, 0.5) is 10.2 Å². The summed E-state index contributed by atoms with van der Waals surface area (Å²) >= 11 is 0. The van der Waals surface area contributed by atoms with E-state index in [1.807, 2.05) is 20.8 Å². The maximum absolute atomic E-state index is 13.1. The number of hydrogen-bond acceptors (Lipinski definition) is 4. The number of nitrogens with zero attached hydrogens (tertiary/aromatic N) is 2. The monoisotopic (exact) mass is 289 g/mol. The summed E-state index contributed by atoms with van der Waals surface area (Å²) in [6, 6.07) is 4.35. The summed E-state index contributed by atoms with van der Waals surface area (Å²) in [5, 5.41) is 0. The molecule has 1 heterocycles. The fourth-order valence-electron chi connectivity index (χ4n) is 1.78. The van der Waals surface area contributed by atoms with Gasteiger partial charge in [-0.05, 0) is 37.6 Å². The Hall–Kier alpha value is -2.17. The molecule has 112 valence electrons. The van der Waals surface area contributed by atoms with E-state index in [1.165, 1.54) is 12.1 Å². The van der Waals surface area contributed by atoms with Gasteiger partial charge in [-0.15, -0.1) is 0 Å². The molecule has 0 unspecified atom stereocenters. The molecule has 2 rings (SSSR count). The van der Waals surface area contributed by atoms with Gasteiger partial charge < -0.3 is 10.5 Å². The van der Waals surface area contributed by atoms with E-state index in [9.17, 15) is 4.39 Å². The van der Waals surface area contributed by atoms with Crippen molar-refractivity contribution in [3.05, 3.63) is 41.0 Å². The Kier molecular flexibility index (Phi) is 3.85. The third-order valence-electron chi connectivity index (χ3n) is 3.15. The quantitative estimate of drug-likeness (QED) is 0.910. The second-order valence-corrected chi connectivity index (χ2v) is 6.12. The lowest BCUT2D eigenvalue weighted by molar-refractivity contribution is 0.438. The van der Waals surface area contributed by atoms with Crippen molar-refractivity contribution in [3.63, 3.8) is 0 Å². The number of hydrogen-bond donors (Lipinski definition) is 1. The molecule has 0 aliphatic carbocycles. The minimum Gasteiger partial charge on any atom is -0.438 e. The molecular weight excluding hydrogens is 269 g/mol. The maximum atomic E-state index is 13.1. The van der Waals surface area contributed by atoms with Gasteiger partial charge in [-0.1, -0.05) is 20.8 Å². The van der Waals surface area contributed by atoms with E-state index in [0.29, 0.717) is 34.4 Å². The van der Waals surface area contributed by atoms with Crippen LogP contribution in [-0.2, 0) is 5.41 Å². The zero-order chi connectivity index (χ0) is 15.8. The molecule has 0 bridgehead atoms. The Balaban J connectivity index is 2.46. The molecule has 4 nitrogen and oxygen atoms in total. The molecule has 0 atom stereocenters. The molecule has 2 aromatic rings. The predicted molar refractivity (Wildman–Crippen MR) is 81.1 cm³/mol. The van der Waals surface area contributed by atoms with Gasteiger partial charge in [0.2, 0.25) is 5.88 Å². The second-order valence-electron chi connectivity index (χ2n) is 6.12. The highest BCUT2D eigenvalue weighted by atomic mass is 19.1. The molecule has 0 saturated heterocycles. The molecule has 5 heteroatoms. The van der Waals surface area contributed by atoms with Crippen LogP contribution < -0.4 is 10.5 Å². The fourth-order valence-corrected chi connectivity index (χ4v) is 1.78. The van der Waals surface area contributed by atoms with E-state index in [1.54, 1.807) is 19.9 Å². The van der Waals surface area contributed by atoms with Crippen molar-refractivity contribution < 1.29 is 9.13 Å². The minimum absolute atomic E-state index is 0.238. The zero-order valence-electron chi connectivity index (χ0n) is 13.0. The average Bonchev–Trinajstić information content (AvgIpc) is 2.36. The Labute approximate surface area is 124 Å². The second kappa shape index (κ2) is 5.31. The summed E-state index contributed by atoms with van der Waals surface area (Å²) in [4.78, 5) is 8.77. The first-order valence-corrected chi connectivity index (χ1v) is 6.77. The van der Waals surface area contributed by atoms with E-state index in [4.69, 9.17) is 10.5 Å². The van der Waals surface area contributed by atoms with Crippen LogP contribution in [0.5, 0.6) is 11.6 Å². The third-order valence-corrected chi connectivity index (χ3v) is 3.15. The molecule has 0 spiro atoms. The molecule has 0 fully saturated rings. The highest BCUT2D eigenvalue weighted by Gasteiger charge is 2.21. The molecule has 0 amide bonds. The lowest BCUT2D eigenvalue weighted by Gasteiger charge is -2.19. The van der Waals surface area contributed by atoms with E-state index in [2.05, 4.69) is 9.97 Å². The van der Waals surface area contributed by atoms with Crippen molar-refractivity contribution in [1.29, 1.82) is 0 Å². The molecule has 0 aliphatic heterocycles. The van der Waals surface area contributed by atoms with Crippen LogP contribution in [0.3, 0.4) is 0 Å². The SMILES string of the molecule is Cc1cc(F)ccc1Oc1nc(C(C)(C)C)nc(N)c1C. The van der Waals surface area contributed by atoms with Gasteiger partial charge in [0.25, 0.3) is 0 Å². The first-order valence-electron chi connectivity index (χ1n) is 6.77. The van der Waals surface area contributed by atoms with Crippen LogP contribution in [0.15, 0.2) is 18.2 Å². The Bertz CT molecular complexity index is 678. The predicted octanol–water partition coefficient (Wildman–Crippen LogP) is 3.90. The normalized spacial score (nSPS) is 11.5. The fraction of sp³-hybridized carbons (Fsp3) is 0.375. The summed E-state index contributed by atoms with van der Waals surface area (Å²) in [6.45, 7) is 9.59. The summed E-state index contributed by atoms with van der Waals surface area (Å²) in [6.07, 6.45) is 0. The van der Waals surface area contributed by atoms with Crippen molar-refractivity contribution in [2.24, 2.45) is 0 Å². The summed E-state index contributed by atoms with van der Waals surface area (Å²) < 4.78 is 19.0. The summed E-state index contributed by atoms with van der Waals surface area (Å²) in [5.41, 5.74) is 7.08. The number of aryl methyl sites for hydroxylation is 1. The van der Waals surface area contributed by atoms with Gasteiger partial charge in [-0.3, -0.25) is 0 Å². The number of nitrogen functional groups attached to an aromatic ring is 1. The number of aromatic nitrogens is 2. The highest BCUT2D eigenvalue weighted by molar-refractivity contribution is 5.47. The van der Waals surface area contributed by atoms with Crippen molar-refractivity contribution in [1.82, 2.24) is 9.97 Å². The Morgan fingerprint density at radius 2 is 1.81 bits per heavy atom. The van der Waals surface area contributed by atoms with Crippen LogP contribution in [-0.4, -0.2) is 9.97 Å². The average molecular weight is 289 g/mol. The van der Waals surface area contributed by atoms with Gasteiger partial charge in [-0.2, -0.15) is 4.98 Å². The molecule has 0 aliphatic rings. The smallest absolute Gasteiger partial charge is 0.227 e. The summed E-state index contributed by atoms with van der Waals surface area (Å²) in [5.74, 6) is 1.67. The van der Waals surface area contributed by atoms with Crippen LogP contribution in [0.2, 0.25) is 0 Å². The lowest BCUT2D eigenvalue weighted by atomic mass is 9.95.